The van der Waals surface area contributed by atoms with E-state index in [1.54, 1.807) is 54.6 Å². The number of para-hydroxylation sites is 1. The van der Waals surface area contributed by atoms with Crippen LogP contribution in [0.5, 0.6) is 11.5 Å². The fourth-order valence-corrected chi connectivity index (χ4v) is 2.65. The van der Waals surface area contributed by atoms with Crippen LogP contribution in [0.4, 0.5) is 11.5 Å². The molecule has 0 unspecified atom stereocenters. The maximum atomic E-state index is 12.3. The normalized spacial score (nSPS) is 10.3. The molecule has 0 saturated heterocycles. The second-order valence-electron chi connectivity index (χ2n) is 5.72. The van der Waals surface area contributed by atoms with Gasteiger partial charge in [-0.25, -0.2) is 4.98 Å². The van der Waals surface area contributed by atoms with Crippen LogP contribution >= 0.6 is 11.6 Å². The summed E-state index contributed by atoms with van der Waals surface area (Å²) in [5.41, 5.74) is 1.71. The molecule has 0 atom stereocenters. The third-order valence-electron chi connectivity index (χ3n) is 3.87. The molecule has 0 radical (unpaired) electrons. The van der Waals surface area contributed by atoms with Crippen LogP contribution in [0.2, 0.25) is 5.02 Å². The van der Waals surface area contributed by atoms with Gasteiger partial charge in [-0.1, -0.05) is 29.8 Å². The molecular formula is C20H18ClN3O3. The summed E-state index contributed by atoms with van der Waals surface area (Å²) in [6, 6.07) is 15.6. The predicted octanol–water partition coefficient (Wildman–Crippen LogP) is 4.31. The molecule has 1 aromatic heterocycles. The quantitative estimate of drug-likeness (QED) is 0.590. The van der Waals surface area contributed by atoms with E-state index in [0.717, 1.165) is 0 Å². The number of amides is 1. The van der Waals surface area contributed by atoms with E-state index in [9.17, 15) is 9.90 Å². The Morgan fingerprint density at radius 2 is 2.00 bits per heavy atom. The van der Waals surface area contributed by atoms with E-state index < -0.39 is 0 Å². The molecule has 0 aliphatic carbocycles. The molecule has 138 valence electrons. The van der Waals surface area contributed by atoms with Gasteiger partial charge in [0.1, 0.15) is 5.82 Å². The maximum absolute atomic E-state index is 12.3. The number of phenolic OH excluding ortho intramolecular Hbond substituents is 1. The monoisotopic (exact) mass is 383 g/mol. The Bertz CT molecular complexity index is 945. The van der Waals surface area contributed by atoms with Gasteiger partial charge in [-0.2, -0.15) is 0 Å². The summed E-state index contributed by atoms with van der Waals surface area (Å²) in [4.78, 5) is 16.5. The molecule has 27 heavy (non-hydrogen) atoms. The number of methoxy groups -OCH3 is 1. The van der Waals surface area contributed by atoms with Gasteiger partial charge in [-0.3, -0.25) is 4.79 Å². The lowest BCUT2D eigenvalue weighted by atomic mass is 10.2. The topological polar surface area (TPSA) is 83.5 Å². The number of nitrogens with one attached hydrogen (secondary N) is 2. The van der Waals surface area contributed by atoms with Gasteiger partial charge in [0.15, 0.2) is 11.5 Å². The molecule has 1 amide bonds. The minimum Gasteiger partial charge on any atom is -0.504 e. The van der Waals surface area contributed by atoms with Crippen LogP contribution in [0.15, 0.2) is 60.8 Å². The van der Waals surface area contributed by atoms with E-state index in [2.05, 4.69) is 15.6 Å². The van der Waals surface area contributed by atoms with Crippen LogP contribution in [0, 0.1) is 0 Å². The van der Waals surface area contributed by atoms with E-state index in [4.69, 9.17) is 16.3 Å². The number of aromatic nitrogens is 1. The molecule has 0 spiro atoms. The summed E-state index contributed by atoms with van der Waals surface area (Å²) in [5.74, 6) is 0.804. The zero-order valence-corrected chi connectivity index (χ0v) is 15.3. The minimum atomic E-state index is -0.276. The molecule has 0 saturated carbocycles. The van der Waals surface area contributed by atoms with Gasteiger partial charge >= 0.3 is 0 Å². The number of anilines is 2. The van der Waals surface area contributed by atoms with E-state index >= 15 is 0 Å². The van der Waals surface area contributed by atoms with Crippen molar-refractivity contribution in [2.45, 2.75) is 6.54 Å². The number of ether oxygens (including phenoxy) is 1. The van der Waals surface area contributed by atoms with Gasteiger partial charge in [0, 0.05) is 29.0 Å². The molecule has 3 aromatic rings. The zero-order chi connectivity index (χ0) is 19.2. The fourth-order valence-electron chi connectivity index (χ4n) is 2.46. The highest BCUT2D eigenvalue weighted by molar-refractivity contribution is 6.30. The van der Waals surface area contributed by atoms with Gasteiger partial charge in [0.25, 0.3) is 5.91 Å². The molecule has 6 nitrogen and oxygen atoms in total. The summed E-state index contributed by atoms with van der Waals surface area (Å²) >= 11 is 5.91. The molecule has 2 aromatic carbocycles. The van der Waals surface area contributed by atoms with Crippen molar-refractivity contribution in [2.24, 2.45) is 0 Å². The number of rotatable bonds is 6. The molecule has 7 heteroatoms. The molecule has 3 rings (SSSR count). The third kappa shape index (κ3) is 4.68. The van der Waals surface area contributed by atoms with E-state index in [-0.39, 0.29) is 11.7 Å². The standard InChI is InChI=1S/C20H18ClN3O3/c1-27-17-7-2-4-13(19(17)25)11-22-18-9-8-14(12-23-18)20(26)24-16-6-3-5-15(21)10-16/h2-10,12,25H,11H2,1H3,(H,22,23)(H,24,26). The first-order valence-corrected chi connectivity index (χ1v) is 8.56. The van der Waals surface area contributed by atoms with Crippen molar-refractivity contribution in [3.05, 3.63) is 76.9 Å². The van der Waals surface area contributed by atoms with E-state index in [1.807, 2.05) is 0 Å². The second-order valence-corrected chi connectivity index (χ2v) is 6.15. The Morgan fingerprint density at radius 1 is 1.19 bits per heavy atom. The number of carbonyl (C=O) groups excluding carboxylic acids is 1. The molecular weight excluding hydrogens is 366 g/mol. The first kappa shape index (κ1) is 18.5. The van der Waals surface area contributed by atoms with Crippen molar-refractivity contribution in [2.75, 3.05) is 17.7 Å². The van der Waals surface area contributed by atoms with Crippen LogP contribution in [0.25, 0.3) is 0 Å². The lowest BCUT2D eigenvalue weighted by Gasteiger charge is -2.10. The summed E-state index contributed by atoms with van der Waals surface area (Å²) in [6.07, 6.45) is 1.48. The van der Waals surface area contributed by atoms with Gasteiger partial charge in [0.05, 0.1) is 12.7 Å². The number of hydrogen-bond acceptors (Lipinski definition) is 5. The molecule has 1 heterocycles. The highest BCUT2D eigenvalue weighted by Gasteiger charge is 2.09. The number of carbonyl (C=O) groups is 1. The largest absolute Gasteiger partial charge is 0.504 e. The Labute approximate surface area is 161 Å². The first-order valence-electron chi connectivity index (χ1n) is 8.18. The Morgan fingerprint density at radius 3 is 2.70 bits per heavy atom. The Kier molecular flexibility index (Phi) is 5.78. The molecule has 0 bridgehead atoms. The van der Waals surface area contributed by atoms with Crippen LogP contribution in [0.3, 0.4) is 0 Å². The van der Waals surface area contributed by atoms with E-state index in [0.29, 0.717) is 39.9 Å². The number of aromatic hydroxyl groups is 1. The first-order chi connectivity index (χ1) is 13.1. The second kappa shape index (κ2) is 8.42. The summed E-state index contributed by atoms with van der Waals surface area (Å²) in [6.45, 7) is 0.365. The summed E-state index contributed by atoms with van der Waals surface area (Å²) < 4.78 is 5.09. The highest BCUT2D eigenvalue weighted by atomic mass is 35.5. The molecule has 0 aliphatic rings. The average molecular weight is 384 g/mol. The highest BCUT2D eigenvalue weighted by Crippen LogP contribution is 2.29. The number of nitrogens with zero attached hydrogens (tertiary/aromatic N) is 1. The van der Waals surface area contributed by atoms with Crippen molar-refractivity contribution in [1.82, 2.24) is 4.98 Å². The van der Waals surface area contributed by atoms with Crippen LogP contribution in [-0.4, -0.2) is 23.1 Å². The van der Waals surface area contributed by atoms with Crippen molar-refractivity contribution in [1.29, 1.82) is 0 Å². The SMILES string of the molecule is COc1cccc(CNc2ccc(C(=O)Nc3cccc(Cl)c3)cn2)c1O. The number of halogens is 1. The van der Waals surface area contributed by atoms with Crippen molar-refractivity contribution < 1.29 is 14.6 Å². The fraction of sp³-hybridized carbons (Fsp3) is 0.100. The maximum Gasteiger partial charge on any atom is 0.257 e. The van der Waals surface area contributed by atoms with Crippen molar-refractivity contribution in [3.63, 3.8) is 0 Å². The third-order valence-corrected chi connectivity index (χ3v) is 4.11. The Hall–Kier alpha value is -3.25. The average Bonchev–Trinajstić information content (AvgIpc) is 2.67. The van der Waals surface area contributed by atoms with Gasteiger partial charge in [0.2, 0.25) is 0 Å². The number of phenols is 1. The zero-order valence-electron chi connectivity index (χ0n) is 14.6. The summed E-state index contributed by atoms with van der Waals surface area (Å²) in [7, 11) is 1.50. The van der Waals surface area contributed by atoms with Gasteiger partial charge in [-0.05, 0) is 36.4 Å². The van der Waals surface area contributed by atoms with E-state index in [1.165, 1.54) is 13.3 Å². The van der Waals surface area contributed by atoms with Gasteiger partial charge < -0.3 is 20.5 Å². The molecule has 3 N–H and O–H groups in total. The Balaban J connectivity index is 1.62. The van der Waals surface area contributed by atoms with Crippen molar-refractivity contribution in [3.8, 4) is 11.5 Å². The number of pyridine rings is 1. The molecule has 0 aliphatic heterocycles. The number of benzene rings is 2. The van der Waals surface area contributed by atoms with Gasteiger partial charge in [-0.15, -0.1) is 0 Å². The number of hydrogen-bond donors (Lipinski definition) is 3. The summed E-state index contributed by atoms with van der Waals surface area (Å²) in [5, 5.41) is 16.5. The minimum absolute atomic E-state index is 0.0880. The lowest BCUT2D eigenvalue weighted by Crippen LogP contribution is -2.12. The van der Waals surface area contributed by atoms with Crippen molar-refractivity contribution >= 4 is 29.0 Å². The van der Waals surface area contributed by atoms with Crippen LogP contribution in [-0.2, 0) is 6.54 Å². The van der Waals surface area contributed by atoms with Crippen LogP contribution < -0.4 is 15.4 Å². The van der Waals surface area contributed by atoms with Crippen LogP contribution in [0.1, 0.15) is 15.9 Å². The predicted molar refractivity (Wildman–Crippen MR) is 106 cm³/mol. The smallest absolute Gasteiger partial charge is 0.257 e. The molecule has 0 fully saturated rings. The lowest BCUT2D eigenvalue weighted by molar-refractivity contribution is 0.102.